The largest absolute Gasteiger partial charge is 0.474 e. The van der Waals surface area contributed by atoms with Crippen molar-refractivity contribution in [3.63, 3.8) is 0 Å². The third kappa shape index (κ3) is 2.75. The van der Waals surface area contributed by atoms with Gasteiger partial charge in [-0.15, -0.1) is 0 Å². The minimum Gasteiger partial charge on any atom is -0.474 e. The van der Waals surface area contributed by atoms with Crippen LogP contribution in [-0.2, 0) is 16.1 Å². The Balaban J connectivity index is 2.81. The average Bonchev–Trinajstić information content (AvgIpc) is 2.20. The van der Waals surface area contributed by atoms with Crippen molar-refractivity contribution in [1.82, 2.24) is 4.90 Å². The van der Waals surface area contributed by atoms with Gasteiger partial charge in [0, 0.05) is 25.2 Å². The summed E-state index contributed by atoms with van der Waals surface area (Å²) in [7, 11) is 1.22. The zero-order chi connectivity index (χ0) is 12.3. The number of carbonyl (C=O) groups is 2. The van der Waals surface area contributed by atoms with Crippen LogP contribution in [0.15, 0.2) is 18.2 Å². The van der Waals surface area contributed by atoms with Crippen molar-refractivity contribution in [3.8, 4) is 0 Å². The van der Waals surface area contributed by atoms with Crippen LogP contribution < -0.4 is 0 Å². The maximum atomic E-state index is 13.1. The van der Waals surface area contributed by atoms with E-state index in [9.17, 15) is 18.4 Å². The molecular weight excluding hydrogens is 220 g/mol. The normalized spacial score (nSPS) is 9.94. The molecule has 0 fully saturated rings. The summed E-state index contributed by atoms with van der Waals surface area (Å²) in [6.07, 6.45) is 0. The molecule has 0 unspecified atom stereocenters. The van der Waals surface area contributed by atoms with E-state index < -0.39 is 23.5 Å². The van der Waals surface area contributed by atoms with Gasteiger partial charge in [-0.3, -0.25) is 4.79 Å². The van der Waals surface area contributed by atoms with Gasteiger partial charge in [0.25, 0.3) is 0 Å². The first-order valence-electron chi connectivity index (χ1n) is 4.34. The van der Waals surface area contributed by atoms with Gasteiger partial charge in [-0.1, -0.05) is 6.07 Å². The Bertz CT molecular complexity index is 434. The molecule has 0 atom stereocenters. The number of hydrogen-bond acceptors (Lipinski definition) is 2. The summed E-state index contributed by atoms with van der Waals surface area (Å²) in [6.45, 7) is -0.225. The van der Waals surface area contributed by atoms with Gasteiger partial charge in [0.1, 0.15) is 11.6 Å². The summed E-state index contributed by atoms with van der Waals surface area (Å²) in [5.74, 6) is -4.31. The molecule has 0 spiro atoms. The van der Waals surface area contributed by atoms with Crippen LogP contribution >= 0.6 is 0 Å². The van der Waals surface area contributed by atoms with E-state index in [0.717, 1.165) is 17.0 Å². The van der Waals surface area contributed by atoms with E-state index in [-0.39, 0.29) is 12.1 Å². The molecule has 0 aliphatic carbocycles. The summed E-state index contributed by atoms with van der Waals surface area (Å²) in [5, 5.41) is 8.40. The lowest BCUT2D eigenvalue weighted by Gasteiger charge is -2.14. The molecule has 1 amide bonds. The molecule has 1 rings (SSSR count). The van der Waals surface area contributed by atoms with Gasteiger partial charge in [0.15, 0.2) is 0 Å². The van der Waals surface area contributed by atoms with E-state index in [0.29, 0.717) is 6.07 Å². The van der Waals surface area contributed by atoms with Crippen molar-refractivity contribution >= 4 is 11.9 Å². The number of likely N-dealkylation sites (N-methyl/N-ethyl adjacent to an activating group) is 1. The highest BCUT2D eigenvalue weighted by Crippen LogP contribution is 2.11. The topological polar surface area (TPSA) is 57.6 Å². The number of halogens is 2. The number of carbonyl (C=O) groups excluding carboxylic acids is 1. The zero-order valence-corrected chi connectivity index (χ0v) is 8.41. The van der Waals surface area contributed by atoms with E-state index in [1.807, 2.05) is 0 Å². The molecular formula is C10H9F2NO3. The molecule has 16 heavy (non-hydrogen) atoms. The molecule has 6 heteroatoms. The highest BCUT2D eigenvalue weighted by atomic mass is 19.1. The molecule has 0 bridgehead atoms. The number of carboxylic acids is 1. The molecule has 0 saturated carbocycles. The standard InChI is InChI=1S/C10H9F2NO3/c1-13(9(14)10(15)16)5-6-2-3-7(11)4-8(6)12/h2-4H,5H2,1H3,(H,15,16). The maximum Gasteiger partial charge on any atom is 0.394 e. The Kier molecular flexibility index (Phi) is 3.55. The number of benzene rings is 1. The molecule has 1 aromatic rings. The van der Waals surface area contributed by atoms with Crippen LogP contribution in [0.2, 0.25) is 0 Å². The van der Waals surface area contributed by atoms with Crippen molar-refractivity contribution in [1.29, 1.82) is 0 Å². The highest BCUT2D eigenvalue weighted by molar-refractivity contribution is 6.31. The number of aliphatic carboxylic acids is 1. The Morgan fingerprint density at radius 2 is 2.00 bits per heavy atom. The average molecular weight is 229 g/mol. The predicted octanol–water partition coefficient (Wildman–Crippen LogP) is 1.01. The smallest absolute Gasteiger partial charge is 0.394 e. The Morgan fingerprint density at radius 3 is 2.50 bits per heavy atom. The van der Waals surface area contributed by atoms with Crippen LogP contribution in [0.5, 0.6) is 0 Å². The molecule has 1 N–H and O–H groups in total. The van der Waals surface area contributed by atoms with Crippen LogP contribution in [0.4, 0.5) is 8.78 Å². The number of rotatable bonds is 2. The molecule has 1 aromatic carbocycles. The van der Waals surface area contributed by atoms with Crippen molar-refractivity contribution in [2.24, 2.45) is 0 Å². The fourth-order valence-corrected chi connectivity index (χ4v) is 1.14. The first-order chi connectivity index (χ1) is 7.41. The van der Waals surface area contributed by atoms with Gasteiger partial charge in [-0.05, 0) is 6.07 Å². The van der Waals surface area contributed by atoms with Crippen LogP contribution in [-0.4, -0.2) is 28.9 Å². The summed E-state index contributed by atoms with van der Waals surface area (Å²) in [4.78, 5) is 22.1. The molecule has 0 saturated heterocycles. The lowest BCUT2D eigenvalue weighted by Crippen LogP contribution is -2.32. The molecule has 0 heterocycles. The summed E-state index contributed by atoms with van der Waals surface area (Å²) < 4.78 is 25.7. The van der Waals surface area contributed by atoms with Crippen molar-refractivity contribution in [3.05, 3.63) is 35.4 Å². The number of nitrogens with zero attached hydrogens (tertiary/aromatic N) is 1. The van der Waals surface area contributed by atoms with Gasteiger partial charge in [-0.25, -0.2) is 13.6 Å². The predicted molar refractivity (Wildman–Crippen MR) is 50.5 cm³/mol. The van der Waals surface area contributed by atoms with Crippen LogP contribution in [0.1, 0.15) is 5.56 Å². The van der Waals surface area contributed by atoms with Gasteiger partial charge in [0.2, 0.25) is 0 Å². The second kappa shape index (κ2) is 4.69. The Labute approximate surface area is 90.1 Å². The third-order valence-corrected chi connectivity index (χ3v) is 1.95. The molecule has 4 nitrogen and oxygen atoms in total. The summed E-state index contributed by atoms with van der Waals surface area (Å²) >= 11 is 0. The van der Waals surface area contributed by atoms with E-state index >= 15 is 0 Å². The Hall–Kier alpha value is -1.98. The lowest BCUT2D eigenvalue weighted by atomic mass is 10.2. The molecule has 0 radical (unpaired) electrons. The zero-order valence-electron chi connectivity index (χ0n) is 8.41. The van der Waals surface area contributed by atoms with Crippen molar-refractivity contribution < 1.29 is 23.5 Å². The van der Waals surface area contributed by atoms with Crippen molar-refractivity contribution in [2.45, 2.75) is 6.54 Å². The van der Waals surface area contributed by atoms with Gasteiger partial charge < -0.3 is 10.0 Å². The summed E-state index contributed by atoms with van der Waals surface area (Å²) in [5.41, 5.74) is 0.0542. The first kappa shape index (κ1) is 12.1. The SMILES string of the molecule is CN(Cc1ccc(F)cc1F)C(=O)C(=O)O. The highest BCUT2D eigenvalue weighted by Gasteiger charge is 2.18. The second-order valence-electron chi connectivity index (χ2n) is 3.20. The van der Waals surface area contributed by atoms with Gasteiger partial charge in [-0.2, -0.15) is 0 Å². The van der Waals surface area contributed by atoms with E-state index in [4.69, 9.17) is 5.11 Å². The minimum atomic E-state index is -1.62. The first-order valence-corrected chi connectivity index (χ1v) is 4.34. The summed E-state index contributed by atoms with van der Waals surface area (Å²) in [6, 6.07) is 2.88. The van der Waals surface area contributed by atoms with E-state index in [1.165, 1.54) is 7.05 Å². The van der Waals surface area contributed by atoms with Gasteiger partial charge >= 0.3 is 11.9 Å². The van der Waals surface area contributed by atoms with Crippen LogP contribution in [0, 0.1) is 11.6 Å². The fraction of sp³-hybridized carbons (Fsp3) is 0.200. The second-order valence-corrected chi connectivity index (χ2v) is 3.20. The van der Waals surface area contributed by atoms with Gasteiger partial charge in [0.05, 0.1) is 0 Å². The lowest BCUT2D eigenvalue weighted by molar-refractivity contribution is -0.155. The quantitative estimate of drug-likeness (QED) is 0.770. The third-order valence-electron chi connectivity index (χ3n) is 1.95. The van der Waals surface area contributed by atoms with Crippen molar-refractivity contribution in [2.75, 3.05) is 7.05 Å². The number of amides is 1. The number of hydrogen-bond donors (Lipinski definition) is 1. The van der Waals surface area contributed by atoms with E-state index in [2.05, 4.69) is 0 Å². The fourth-order valence-electron chi connectivity index (χ4n) is 1.14. The van der Waals surface area contributed by atoms with Crippen LogP contribution in [0.3, 0.4) is 0 Å². The Morgan fingerprint density at radius 1 is 1.38 bits per heavy atom. The van der Waals surface area contributed by atoms with E-state index in [1.54, 1.807) is 0 Å². The van der Waals surface area contributed by atoms with Crippen LogP contribution in [0.25, 0.3) is 0 Å². The molecule has 86 valence electrons. The maximum absolute atomic E-state index is 13.1. The molecule has 0 aromatic heterocycles. The monoisotopic (exact) mass is 229 g/mol. The molecule has 0 aliphatic heterocycles. The minimum absolute atomic E-state index is 0.0542. The number of carboxylic acid groups (broad SMARTS) is 1. The molecule has 0 aliphatic rings.